The van der Waals surface area contributed by atoms with Crippen LogP contribution in [-0.2, 0) is 0 Å². The summed E-state index contributed by atoms with van der Waals surface area (Å²) in [5, 5.41) is 26.1. The standard InChI is InChI=1S/C24H20Cl2N6O3/c1-2-35-18-14-12-17(13-15-18)28-24(31-20-11-7-6-10-19(20)29-30-31)22(32(33)34)21(25)23(26)27-16-8-4-3-5-9-16/h3-15,27-28H,2H2,1H3/b23-21-,24-22+. The first-order valence-corrected chi connectivity index (χ1v) is 11.3. The summed E-state index contributed by atoms with van der Waals surface area (Å²) < 4.78 is 6.80. The minimum atomic E-state index is -0.620. The second-order valence-corrected chi connectivity index (χ2v) is 7.90. The molecule has 0 unspecified atom stereocenters. The van der Waals surface area contributed by atoms with Crippen LogP contribution in [0.2, 0.25) is 0 Å². The molecule has 0 aliphatic rings. The van der Waals surface area contributed by atoms with Crippen LogP contribution >= 0.6 is 23.2 Å². The zero-order valence-electron chi connectivity index (χ0n) is 18.5. The number of benzene rings is 3. The van der Waals surface area contributed by atoms with Crippen molar-refractivity contribution in [2.24, 2.45) is 0 Å². The fourth-order valence-electron chi connectivity index (χ4n) is 3.26. The molecule has 1 heterocycles. The number of hydrogen-bond donors (Lipinski definition) is 2. The lowest BCUT2D eigenvalue weighted by molar-refractivity contribution is -0.419. The molecule has 0 bridgehead atoms. The van der Waals surface area contributed by atoms with Crippen LogP contribution in [0.25, 0.3) is 16.9 Å². The minimum absolute atomic E-state index is 0.0362. The molecule has 0 spiro atoms. The van der Waals surface area contributed by atoms with E-state index in [1.807, 2.05) is 13.0 Å². The second-order valence-electron chi connectivity index (χ2n) is 7.15. The van der Waals surface area contributed by atoms with Gasteiger partial charge < -0.3 is 15.4 Å². The van der Waals surface area contributed by atoms with Crippen LogP contribution in [0, 0.1) is 10.1 Å². The van der Waals surface area contributed by atoms with E-state index in [0.29, 0.717) is 34.8 Å². The van der Waals surface area contributed by atoms with Gasteiger partial charge in [0.1, 0.15) is 16.4 Å². The number of fused-ring (bicyclic) bond motifs is 1. The first-order chi connectivity index (χ1) is 17.0. The van der Waals surface area contributed by atoms with Gasteiger partial charge in [-0.3, -0.25) is 10.1 Å². The normalized spacial score (nSPS) is 12.5. The Balaban J connectivity index is 1.86. The van der Waals surface area contributed by atoms with Gasteiger partial charge in [0.05, 0.1) is 17.0 Å². The van der Waals surface area contributed by atoms with Gasteiger partial charge in [-0.05, 0) is 55.5 Å². The number of aromatic nitrogens is 3. The first-order valence-electron chi connectivity index (χ1n) is 10.5. The molecule has 0 fully saturated rings. The van der Waals surface area contributed by atoms with E-state index in [9.17, 15) is 10.1 Å². The van der Waals surface area contributed by atoms with E-state index < -0.39 is 10.6 Å². The Hall–Kier alpha value is -4.08. The Morgan fingerprint density at radius 2 is 1.63 bits per heavy atom. The average Bonchev–Trinajstić information content (AvgIpc) is 3.29. The fraction of sp³-hybridized carbons (Fsp3) is 0.0833. The number of halogens is 2. The quantitative estimate of drug-likeness (QED) is 0.121. The van der Waals surface area contributed by atoms with Crippen LogP contribution < -0.4 is 15.4 Å². The predicted octanol–water partition coefficient (Wildman–Crippen LogP) is 6.10. The van der Waals surface area contributed by atoms with E-state index in [0.717, 1.165) is 0 Å². The fourth-order valence-corrected chi connectivity index (χ4v) is 3.67. The van der Waals surface area contributed by atoms with Crippen molar-refractivity contribution in [2.75, 3.05) is 17.2 Å². The summed E-state index contributed by atoms with van der Waals surface area (Å²) in [5.41, 5.74) is 1.75. The van der Waals surface area contributed by atoms with E-state index in [-0.39, 0.29) is 16.0 Å². The summed E-state index contributed by atoms with van der Waals surface area (Å²) in [6.45, 7) is 2.40. The smallest absolute Gasteiger partial charge is 0.333 e. The van der Waals surface area contributed by atoms with Crippen molar-refractivity contribution >= 4 is 51.4 Å². The number of nitro groups is 1. The number of rotatable bonds is 9. The number of allylic oxidation sites excluding steroid dienone is 1. The molecule has 4 aromatic rings. The molecule has 11 heteroatoms. The van der Waals surface area contributed by atoms with Crippen LogP contribution in [0.3, 0.4) is 0 Å². The lowest BCUT2D eigenvalue weighted by Crippen LogP contribution is -2.17. The molecule has 4 rings (SSSR count). The third-order valence-corrected chi connectivity index (χ3v) is 5.58. The SMILES string of the molecule is CCOc1ccc(N/C(=C(/C(Cl)=C(\Cl)Nc2ccccc2)[N+](=O)[O-])n2nnc3ccccc32)cc1. The zero-order chi connectivity index (χ0) is 24.8. The number of nitrogens with zero attached hydrogens (tertiary/aromatic N) is 4. The molecule has 178 valence electrons. The molecule has 1 aromatic heterocycles. The summed E-state index contributed by atoms with van der Waals surface area (Å²) in [6.07, 6.45) is 0. The maximum absolute atomic E-state index is 12.3. The third-order valence-electron chi connectivity index (χ3n) is 4.83. The van der Waals surface area contributed by atoms with E-state index in [2.05, 4.69) is 20.9 Å². The first kappa shape index (κ1) is 24.1. The van der Waals surface area contributed by atoms with Crippen molar-refractivity contribution < 1.29 is 9.66 Å². The maximum atomic E-state index is 12.3. The summed E-state index contributed by atoms with van der Waals surface area (Å²) in [4.78, 5) is 11.7. The van der Waals surface area contributed by atoms with E-state index in [4.69, 9.17) is 27.9 Å². The van der Waals surface area contributed by atoms with Gasteiger partial charge in [-0.1, -0.05) is 58.7 Å². The molecule has 0 saturated heterocycles. The molecular weight excluding hydrogens is 491 g/mol. The van der Waals surface area contributed by atoms with E-state index >= 15 is 0 Å². The number of para-hydroxylation sites is 2. The van der Waals surface area contributed by atoms with Crippen molar-refractivity contribution in [3.05, 3.63) is 105 Å². The van der Waals surface area contributed by atoms with Gasteiger partial charge in [0.2, 0.25) is 5.82 Å². The molecule has 0 aliphatic heterocycles. The number of hydrogen-bond acceptors (Lipinski definition) is 7. The van der Waals surface area contributed by atoms with Crippen molar-refractivity contribution in [3.8, 4) is 5.75 Å². The Bertz CT molecular complexity index is 1400. The van der Waals surface area contributed by atoms with Crippen LogP contribution in [0.5, 0.6) is 5.75 Å². The number of ether oxygens (including phenoxy) is 1. The van der Waals surface area contributed by atoms with Gasteiger partial charge >= 0.3 is 5.70 Å². The van der Waals surface area contributed by atoms with Crippen molar-refractivity contribution in [2.45, 2.75) is 6.92 Å². The summed E-state index contributed by atoms with van der Waals surface area (Å²) in [7, 11) is 0. The molecular formula is C24H20Cl2N6O3. The Kier molecular flexibility index (Phi) is 7.49. The van der Waals surface area contributed by atoms with Gasteiger partial charge in [-0.25, -0.2) is 0 Å². The van der Waals surface area contributed by atoms with Gasteiger partial charge in [0.15, 0.2) is 5.03 Å². The summed E-state index contributed by atoms with van der Waals surface area (Å²) >= 11 is 12.9. The molecule has 0 atom stereocenters. The Morgan fingerprint density at radius 3 is 2.31 bits per heavy atom. The molecule has 0 aliphatic carbocycles. The summed E-state index contributed by atoms with van der Waals surface area (Å²) in [6, 6.07) is 23.0. The van der Waals surface area contributed by atoms with E-state index in [1.54, 1.807) is 72.8 Å². The van der Waals surface area contributed by atoms with Crippen molar-refractivity contribution in [3.63, 3.8) is 0 Å². The van der Waals surface area contributed by atoms with Crippen LogP contribution in [0.1, 0.15) is 6.92 Å². The molecule has 0 amide bonds. The van der Waals surface area contributed by atoms with Crippen LogP contribution in [0.15, 0.2) is 94.7 Å². The van der Waals surface area contributed by atoms with Gasteiger partial charge in [0, 0.05) is 11.4 Å². The molecule has 0 saturated carbocycles. The second kappa shape index (κ2) is 10.9. The van der Waals surface area contributed by atoms with E-state index in [1.165, 1.54) is 4.68 Å². The monoisotopic (exact) mass is 510 g/mol. The third kappa shape index (κ3) is 5.53. The predicted molar refractivity (Wildman–Crippen MR) is 138 cm³/mol. The highest BCUT2D eigenvalue weighted by molar-refractivity contribution is 6.41. The highest BCUT2D eigenvalue weighted by Crippen LogP contribution is 2.31. The largest absolute Gasteiger partial charge is 0.494 e. The van der Waals surface area contributed by atoms with Gasteiger partial charge in [0.25, 0.3) is 0 Å². The van der Waals surface area contributed by atoms with Crippen molar-refractivity contribution in [1.82, 2.24) is 15.0 Å². The lowest BCUT2D eigenvalue weighted by atomic mass is 10.2. The Labute approximate surface area is 210 Å². The average molecular weight is 511 g/mol. The molecule has 3 aromatic carbocycles. The molecule has 0 radical (unpaired) electrons. The van der Waals surface area contributed by atoms with Gasteiger partial charge in [-0.15, -0.1) is 5.10 Å². The lowest BCUT2D eigenvalue weighted by Gasteiger charge is -2.14. The molecule has 35 heavy (non-hydrogen) atoms. The Morgan fingerprint density at radius 1 is 0.971 bits per heavy atom. The highest BCUT2D eigenvalue weighted by Gasteiger charge is 2.29. The zero-order valence-corrected chi connectivity index (χ0v) is 20.0. The van der Waals surface area contributed by atoms with Crippen molar-refractivity contribution in [1.29, 1.82) is 0 Å². The highest BCUT2D eigenvalue weighted by atomic mass is 35.5. The molecule has 2 N–H and O–H groups in total. The van der Waals surface area contributed by atoms with Crippen LogP contribution in [-0.4, -0.2) is 26.5 Å². The number of anilines is 2. The number of nitrogens with one attached hydrogen (secondary N) is 2. The minimum Gasteiger partial charge on any atom is -0.494 e. The molecule has 9 nitrogen and oxygen atoms in total. The maximum Gasteiger partial charge on any atom is 0.333 e. The summed E-state index contributed by atoms with van der Waals surface area (Å²) in [5.74, 6) is 0.628. The van der Waals surface area contributed by atoms with Gasteiger partial charge in [-0.2, -0.15) is 4.68 Å². The topological polar surface area (TPSA) is 107 Å². The van der Waals surface area contributed by atoms with Crippen LogP contribution in [0.4, 0.5) is 11.4 Å².